The van der Waals surface area contributed by atoms with Gasteiger partial charge in [0.1, 0.15) is 5.92 Å². The Morgan fingerprint density at radius 3 is 2.47 bits per heavy atom. The fourth-order valence-electron chi connectivity index (χ4n) is 1.93. The Morgan fingerprint density at radius 2 is 1.88 bits per heavy atom. The fourth-order valence-corrected chi connectivity index (χ4v) is 1.93. The van der Waals surface area contributed by atoms with Crippen LogP contribution in [-0.4, -0.2) is 43.7 Å². The van der Waals surface area contributed by atoms with Gasteiger partial charge < -0.3 is 10.5 Å². The minimum Gasteiger partial charge on any atom is -0.379 e. The first-order chi connectivity index (χ1) is 8.27. The molecule has 1 aliphatic heterocycles. The molecule has 2 N–H and O–H groups in total. The predicted octanol–water partition coefficient (Wildman–Crippen LogP) is 0.427. The van der Waals surface area contributed by atoms with E-state index in [4.69, 9.17) is 10.5 Å². The van der Waals surface area contributed by atoms with Crippen LogP contribution in [0.2, 0.25) is 0 Å². The number of carbonyl (C=O) groups is 1. The molecule has 1 aliphatic rings. The molecule has 2 rings (SSSR count). The maximum atomic E-state index is 11.5. The van der Waals surface area contributed by atoms with Gasteiger partial charge in [-0.1, -0.05) is 30.3 Å². The van der Waals surface area contributed by atoms with Gasteiger partial charge in [-0.2, -0.15) is 0 Å². The quantitative estimate of drug-likeness (QED) is 0.820. The Balaban J connectivity index is 2.05. The molecule has 4 heteroatoms. The third-order valence-corrected chi connectivity index (χ3v) is 2.91. The number of nitrogens with zero attached hydrogens (tertiary/aromatic N) is 1. The van der Waals surface area contributed by atoms with Crippen LogP contribution in [0.15, 0.2) is 30.3 Å². The lowest BCUT2D eigenvalue weighted by atomic mass is 9.98. The number of nitrogens with two attached hydrogens (primary N) is 1. The SMILES string of the molecule is NC(=O)[C](CN1CCOCC1)c1ccccc1. The second-order valence-electron chi connectivity index (χ2n) is 4.10. The smallest absolute Gasteiger partial charge is 0.230 e. The molecule has 1 aromatic rings. The fraction of sp³-hybridized carbons (Fsp3) is 0.385. The lowest BCUT2D eigenvalue weighted by Gasteiger charge is -2.29. The summed E-state index contributed by atoms with van der Waals surface area (Å²) in [6, 6.07) is 9.59. The average molecular weight is 233 g/mol. The summed E-state index contributed by atoms with van der Waals surface area (Å²) in [6.07, 6.45) is 0. The molecule has 0 unspecified atom stereocenters. The van der Waals surface area contributed by atoms with Gasteiger partial charge in [0, 0.05) is 19.6 Å². The molecule has 1 heterocycles. The second-order valence-corrected chi connectivity index (χ2v) is 4.10. The highest BCUT2D eigenvalue weighted by atomic mass is 16.5. The number of amides is 1. The van der Waals surface area contributed by atoms with Crippen molar-refractivity contribution in [2.45, 2.75) is 0 Å². The number of hydrogen-bond acceptors (Lipinski definition) is 3. The lowest BCUT2D eigenvalue weighted by molar-refractivity contribution is -0.116. The van der Waals surface area contributed by atoms with E-state index in [1.54, 1.807) is 0 Å². The number of rotatable bonds is 4. The Morgan fingerprint density at radius 1 is 1.24 bits per heavy atom. The van der Waals surface area contributed by atoms with E-state index in [0.717, 1.165) is 31.9 Å². The maximum Gasteiger partial charge on any atom is 0.230 e. The highest BCUT2D eigenvalue weighted by Crippen LogP contribution is 2.16. The Kier molecular flexibility index (Phi) is 4.12. The molecule has 4 nitrogen and oxygen atoms in total. The van der Waals surface area contributed by atoms with Crippen LogP contribution in [0.25, 0.3) is 0 Å². The van der Waals surface area contributed by atoms with Crippen molar-refractivity contribution in [1.29, 1.82) is 0 Å². The molecular weight excluding hydrogens is 216 g/mol. The largest absolute Gasteiger partial charge is 0.379 e. The van der Waals surface area contributed by atoms with Crippen LogP contribution in [-0.2, 0) is 9.53 Å². The summed E-state index contributed by atoms with van der Waals surface area (Å²) in [5, 5.41) is 0. The molecule has 0 aromatic heterocycles. The molecule has 91 valence electrons. The number of benzene rings is 1. The molecule has 0 spiro atoms. The van der Waals surface area contributed by atoms with Gasteiger partial charge >= 0.3 is 0 Å². The van der Waals surface area contributed by atoms with Crippen LogP contribution in [0.1, 0.15) is 5.56 Å². The number of ether oxygens (including phenoxy) is 1. The van der Waals surface area contributed by atoms with Gasteiger partial charge in [0.05, 0.1) is 13.2 Å². The summed E-state index contributed by atoms with van der Waals surface area (Å²) in [7, 11) is 0. The maximum absolute atomic E-state index is 11.5. The molecule has 17 heavy (non-hydrogen) atoms. The minimum atomic E-state index is -0.345. The van der Waals surface area contributed by atoms with Crippen molar-refractivity contribution in [2.75, 3.05) is 32.8 Å². The van der Waals surface area contributed by atoms with Crippen molar-refractivity contribution in [3.8, 4) is 0 Å². The van der Waals surface area contributed by atoms with Crippen molar-refractivity contribution in [2.24, 2.45) is 5.73 Å². The molecule has 1 fully saturated rings. The van der Waals surface area contributed by atoms with Gasteiger partial charge in [-0.05, 0) is 5.56 Å². The van der Waals surface area contributed by atoms with Crippen molar-refractivity contribution in [3.05, 3.63) is 41.8 Å². The van der Waals surface area contributed by atoms with Crippen LogP contribution >= 0.6 is 0 Å². The zero-order chi connectivity index (χ0) is 12.1. The monoisotopic (exact) mass is 233 g/mol. The Bertz CT molecular complexity index is 361. The second kappa shape index (κ2) is 5.80. The van der Waals surface area contributed by atoms with E-state index in [1.807, 2.05) is 30.3 Å². The van der Waals surface area contributed by atoms with Crippen molar-refractivity contribution in [1.82, 2.24) is 4.90 Å². The minimum absolute atomic E-state index is 0.345. The van der Waals surface area contributed by atoms with Crippen LogP contribution in [0.3, 0.4) is 0 Å². The first-order valence-corrected chi connectivity index (χ1v) is 5.78. The van der Waals surface area contributed by atoms with E-state index < -0.39 is 0 Å². The molecule has 1 saturated heterocycles. The summed E-state index contributed by atoms with van der Waals surface area (Å²) in [5.41, 5.74) is 6.36. The first-order valence-electron chi connectivity index (χ1n) is 5.78. The Labute approximate surface area is 101 Å². The molecule has 0 aliphatic carbocycles. The average Bonchev–Trinajstić information content (AvgIpc) is 2.38. The van der Waals surface area contributed by atoms with E-state index in [9.17, 15) is 4.79 Å². The summed E-state index contributed by atoms with van der Waals surface area (Å²) in [5.74, 6) is 0.329. The summed E-state index contributed by atoms with van der Waals surface area (Å²) >= 11 is 0. The highest BCUT2D eigenvalue weighted by Gasteiger charge is 2.23. The normalized spacial score (nSPS) is 17.2. The van der Waals surface area contributed by atoms with Crippen LogP contribution in [0.5, 0.6) is 0 Å². The zero-order valence-electron chi connectivity index (χ0n) is 9.76. The van der Waals surface area contributed by atoms with Gasteiger partial charge in [0.15, 0.2) is 0 Å². The van der Waals surface area contributed by atoms with E-state index in [0.29, 0.717) is 12.5 Å². The summed E-state index contributed by atoms with van der Waals surface area (Å²) < 4.78 is 5.28. The molecule has 0 bridgehead atoms. The van der Waals surface area contributed by atoms with Gasteiger partial charge in [-0.15, -0.1) is 0 Å². The third kappa shape index (κ3) is 3.28. The molecule has 0 atom stereocenters. The molecule has 0 saturated carbocycles. The van der Waals surface area contributed by atoms with Gasteiger partial charge in [0.2, 0.25) is 5.91 Å². The van der Waals surface area contributed by atoms with Crippen molar-refractivity contribution in [3.63, 3.8) is 0 Å². The van der Waals surface area contributed by atoms with Gasteiger partial charge in [-0.3, -0.25) is 9.69 Å². The number of hydrogen-bond donors (Lipinski definition) is 1. The summed E-state index contributed by atoms with van der Waals surface area (Å²) in [6.45, 7) is 3.75. The highest BCUT2D eigenvalue weighted by molar-refractivity contribution is 5.93. The van der Waals surface area contributed by atoms with Gasteiger partial charge in [-0.25, -0.2) is 0 Å². The number of morpholine rings is 1. The van der Waals surface area contributed by atoms with E-state index in [1.165, 1.54) is 0 Å². The van der Waals surface area contributed by atoms with E-state index in [-0.39, 0.29) is 5.91 Å². The molecular formula is C13H17N2O2. The third-order valence-electron chi connectivity index (χ3n) is 2.91. The summed E-state index contributed by atoms with van der Waals surface area (Å²) in [4.78, 5) is 13.7. The number of primary amides is 1. The zero-order valence-corrected chi connectivity index (χ0v) is 9.76. The molecule has 1 amide bonds. The first kappa shape index (κ1) is 12.1. The molecule has 1 aromatic carbocycles. The van der Waals surface area contributed by atoms with Crippen LogP contribution < -0.4 is 5.73 Å². The van der Waals surface area contributed by atoms with E-state index >= 15 is 0 Å². The van der Waals surface area contributed by atoms with Crippen LogP contribution in [0, 0.1) is 5.92 Å². The van der Waals surface area contributed by atoms with Crippen molar-refractivity contribution < 1.29 is 9.53 Å². The Hall–Kier alpha value is -1.39. The van der Waals surface area contributed by atoms with Gasteiger partial charge in [0.25, 0.3) is 0 Å². The van der Waals surface area contributed by atoms with E-state index in [2.05, 4.69) is 4.90 Å². The predicted molar refractivity (Wildman–Crippen MR) is 65.2 cm³/mol. The standard InChI is InChI=1S/C13H17N2O2/c14-13(16)12(11-4-2-1-3-5-11)10-15-6-8-17-9-7-15/h1-5H,6-10H2,(H2,14,16). The molecule has 1 radical (unpaired) electrons. The lowest BCUT2D eigenvalue weighted by Crippen LogP contribution is -2.41. The van der Waals surface area contributed by atoms with Crippen molar-refractivity contribution >= 4 is 5.91 Å². The topological polar surface area (TPSA) is 55.6 Å². The van der Waals surface area contributed by atoms with Crippen LogP contribution in [0.4, 0.5) is 0 Å². The number of carbonyl (C=O) groups excluding carboxylic acids is 1.